The lowest BCUT2D eigenvalue weighted by Gasteiger charge is -2.23. The fourth-order valence-corrected chi connectivity index (χ4v) is 0.980. The summed E-state index contributed by atoms with van der Waals surface area (Å²) in [5.74, 6) is 11.9. The van der Waals surface area contributed by atoms with Crippen LogP contribution >= 0.6 is 0 Å². The van der Waals surface area contributed by atoms with Crippen molar-refractivity contribution in [3.05, 3.63) is 0 Å². The van der Waals surface area contributed by atoms with Gasteiger partial charge in [0.2, 0.25) is 0 Å². The summed E-state index contributed by atoms with van der Waals surface area (Å²) in [6.45, 7) is 3.31. The predicted octanol–water partition coefficient (Wildman–Crippen LogP) is 2.28. The number of hydrogen-bond acceptors (Lipinski definition) is 0. The Hall–Kier alpha value is -0.920. The second kappa shape index (κ2) is 7.48. The molecule has 14 heavy (non-hydrogen) atoms. The Morgan fingerprint density at radius 3 is 2.00 bits per heavy atom. The average Bonchev–Trinajstić information content (AvgIpc) is 2.08. The first-order valence-corrected chi connectivity index (χ1v) is 5.32. The highest BCUT2D eigenvalue weighted by Crippen LogP contribution is 1.95. The Bertz CT molecular complexity index is 249. The molecule has 0 aliphatic heterocycles. The second-order valence-corrected chi connectivity index (χ2v) is 4.47. The van der Waals surface area contributed by atoms with Gasteiger partial charge >= 0.3 is 0 Å². The molecule has 0 N–H and O–H groups in total. The highest BCUT2D eigenvalue weighted by atomic mass is 15.3. The molecule has 0 aromatic rings. The number of unbranched alkanes of at least 4 members (excludes halogenated alkanes) is 2. The molecule has 0 fully saturated rings. The minimum atomic E-state index is 0.966. The third-order valence-corrected chi connectivity index (χ3v) is 1.74. The molecule has 0 aromatic heterocycles. The summed E-state index contributed by atoms with van der Waals surface area (Å²) in [6, 6.07) is 0. The van der Waals surface area contributed by atoms with Gasteiger partial charge in [-0.1, -0.05) is 18.8 Å². The van der Waals surface area contributed by atoms with Crippen molar-refractivity contribution in [2.45, 2.75) is 32.6 Å². The molecular weight excluding hydrogens is 170 g/mol. The number of hydrogen-bond donors (Lipinski definition) is 0. The van der Waals surface area contributed by atoms with E-state index >= 15 is 0 Å². The van der Waals surface area contributed by atoms with Crippen LogP contribution in [-0.4, -0.2) is 32.2 Å². The van der Waals surface area contributed by atoms with Crippen molar-refractivity contribution >= 4 is 0 Å². The van der Waals surface area contributed by atoms with Crippen molar-refractivity contribution in [3.63, 3.8) is 0 Å². The number of nitrogens with zero attached hydrogens (tertiary/aromatic N) is 1. The van der Waals surface area contributed by atoms with Crippen LogP contribution in [0.2, 0.25) is 0 Å². The maximum absolute atomic E-state index is 3.08. The van der Waals surface area contributed by atoms with E-state index in [1.807, 2.05) is 0 Å². The normalized spacial score (nSPS) is 9.71. The highest BCUT2D eigenvalue weighted by molar-refractivity contribution is 5.25. The molecule has 0 aliphatic rings. The maximum Gasteiger partial charge on any atom is 0.0789 e. The molecule has 0 heterocycles. The third kappa shape index (κ3) is 11.1. The van der Waals surface area contributed by atoms with Crippen LogP contribution in [0.3, 0.4) is 0 Å². The van der Waals surface area contributed by atoms with Crippen LogP contribution in [0, 0.1) is 23.7 Å². The molecule has 1 heteroatoms. The van der Waals surface area contributed by atoms with Crippen LogP contribution in [0.4, 0.5) is 0 Å². The molecule has 0 unspecified atom stereocenters. The monoisotopic (exact) mass is 192 g/mol. The number of quaternary nitrogens is 1. The zero-order valence-electron chi connectivity index (χ0n) is 9.98. The Morgan fingerprint density at radius 1 is 0.929 bits per heavy atom. The summed E-state index contributed by atoms with van der Waals surface area (Å²) in [4.78, 5) is 0. The van der Waals surface area contributed by atoms with Crippen LogP contribution < -0.4 is 0 Å². The molecule has 0 spiro atoms. The van der Waals surface area contributed by atoms with Crippen LogP contribution in [0.15, 0.2) is 0 Å². The molecule has 0 rings (SSSR count). The van der Waals surface area contributed by atoms with E-state index in [9.17, 15) is 0 Å². The minimum absolute atomic E-state index is 0.966. The standard InChI is InChI=1S/C13H22N/c1-5-6-7-8-9-10-11-12-13-14(2,3)4/h5-6,11-13H2,1-4H3/q+1. The van der Waals surface area contributed by atoms with E-state index in [-0.39, 0.29) is 0 Å². The van der Waals surface area contributed by atoms with Gasteiger partial charge in [0.05, 0.1) is 27.7 Å². The molecule has 0 saturated carbocycles. The molecule has 78 valence electrons. The van der Waals surface area contributed by atoms with Gasteiger partial charge in [0.25, 0.3) is 0 Å². The van der Waals surface area contributed by atoms with E-state index in [2.05, 4.69) is 51.7 Å². The summed E-state index contributed by atoms with van der Waals surface area (Å²) in [5.41, 5.74) is 0. The lowest BCUT2D eigenvalue weighted by molar-refractivity contribution is -0.870. The fraction of sp³-hybridized carbons (Fsp3) is 0.692. The smallest absolute Gasteiger partial charge is 0.0789 e. The van der Waals surface area contributed by atoms with Crippen molar-refractivity contribution in [3.8, 4) is 23.7 Å². The van der Waals surface area contributed by atoms with Crippen molar-refractivity contribution in [2.24, 2.45) is 0 Å². The van der Waals surface area contributed by atoms with Gasteiger partial charge in [0, 0.05) is 19.3 Å². The van der Waals surface area contributed by atoms with Crippen molar-refractivity contribution < 1.29 is 4.48 Å². The topological polar surface area (TPSA) is 0 Å². The zero-order valence-corrected chi connectivity index (χ0v) is 9.98. The number of rotatable bonds is 4. The first-order chi connectivity index (χ1) is 6.56. The van der Waals surface area contributed by atoms with Crippen LogP contribution in [0.25, 0.3) is 0 Å². The van der Waals surface area contributed by atoms with Crippen LogP contribution in [0.1, 0.15) is 32.6 Å². The fourth-order valence-electron chi connectivity index (χ4n) is 0.980. The van der Waals surface area contributed by atoms with Gasteiger partial charge in [0.1, 0.15) is 0 Å². The van der Waals surface area contributed by atoms with Crippen molar-refractivity contribution in [1.82, 2.24) is 0 Å². The van der Waals surface area contributed by atoms with Crippen LogP contribution in [0.5, 0.6) is 0 Å². The zero-order chi connectivity index (χ0) is 10.9. The molecule has 0 amide bonds. The second-order valence-electron chi connectivity index (χ2n) is 4.47. The largest absolute Gasteiger partial charge is 0.331 e. The van der Waals surface area contributed by atoms with Gasteiger partial charge in [0.15, 0.2) is 0 Å². The van der Waals surface area contributed by atoms with Gasteiger partial charge in [-0.2, -0.15) is 0 Å². The molecular formula is C13H22N+. The Labute approximate surface area is 89.1 Å². The van der Waals surface area contributed by atoms with E-state index in [4.69, 9.17) is 0 Å². The first-order valence-electron chi connectivity index (χ1n) is 5.32. The van der Waals surface area contributed by atoms with Crippen LogP contribution in [-0.2, 0) is 0 Å². The summed E-state index contributed by atoms with van der Waals surface area (Å²) in [7, 11) is 6.61. The van der Waals surface area contributed by atoms with E-state index in [0.29, 0.717) is 0 Å². The van der Waals surface area contributed by atoms with Gasteiger partial charge in [-0.15, -0.1) is 0 Å². The maximum atomic E-state index is 3.08. The van der Waals surface area contributed by atoms with Gasteiger partial charge in [-0.3, -0.25) is 0 Å². The van der Waals surface area contributed by atoms with E-state index in [0.717, 1.165) is 30.2 Å². The minimum Gasteiger partial charge on any atom is -0.331 e. The first kappa shape index (κ1) is 13.1. The van der Waals surface area contributed by atoms with Crippen molar-refractivity contribution in [2.75, 3.05) is 27.7 Å². The molecule has 0 bridgehead atoms. The molecule has 0 saturated heterocycles. The molecule has 0 aromatic carbocycles. The summed E-state index contributed by atoms with van der Waals surface area (Å²) < 4.78 is 1.02. The molecule has 1 nitrogen and oxygen atoms in total. The summed E-state index contributed by atoms with van der Waals surface area (Å²) in [6.07, 6.45) is 4.21. The quantitative estimate of drug-likeness (QED) is 0.364. The van der Waals surface area contributed by atoms with Gasteiger partial charge in [-0.25, -0.2) is 0 Å². The average molecular weight is 192 g/mol. The SMILES string of the molecule is CCCC#CC#CCCC[N+](C)(C)C. The lowest BCUT2D eigenvalue weighted by Crippen LogP contribution is -2.35. The predicted molar refractivity (Wildman–Crippen MR) is 62.6 cm³/mol. The highest BCUT2D eigenvalue weighted by Gasteiger charge is 2.03. The van der Waals surface area contributed by atoms with Crippen molar-refractivity contribution in [1.29, 1.82) is 0 Å². The van der Waals surface area contributed by atoms with E-state index in [1.165, 1.54) is 6.54 Å². The van der Waals surface area contributed by atoms with Gasteiger partial charge in [-0.05, 0) is 18.3 Å². The Balaban J connectivity index is 3.50. The molecule has 0 atom stereocenters. The van der Waals surface area contributed by atoms with E-state index < -0.39 is 0 Å². The third-order valence-electron chi connectivity index (χ3n) is 1.74. The Morgan fingerprint density at radius 2 is 1.50 bits per heavy atom. The Kier molecular flexibility index (Phi) is 6.99. The molecule has 0 radical (unpaired) electrons. The van der Waals surface area contributed by atoms with Gasteiger partial charge < -0.3 is 4.48 Å². The summed E-state index contributed by atoms with van der Waals surface area (Å²) in [5, 5.41) is 0. The summed E-state index contributed by atoms with van der Waals surface area (Å²) >= 11 is 0. The molecule has 0 aliphatic carbocycles. The van der Waals surface area contributed by atoms with E-state index in [1.54, 1.807) is 0 Å². The lowest BCUT2D eigenvalue weighted by atomic mass is 10.3.